The third-order valence-electron chi connectivity index (χ3n) is 3.11. The van der Waals surface area contributed by atoms with E-state index in [0.717, 1.165) is 0 Å². The first-order chi connectivity index (χ1) is 9.62. The number of halogens is 1. The van der Waals surface area contributed by atoms with Gasteiger partial charge in [0.25, 0.3) is 0 Å². The van der Waals surface area contributed by atoms with E-state index in [2.05, 4.69) is 5.10 Å². The molecule has 0 radical (unpaired) electrons. The van der Waals surface area contributed by atoms with E-state index in [1.807, 2.05) is 6.92 Å². The zero-order valence-corrected chi connectivity index (χ0v) is 11.6. The van der Waals surface area contributed by atoms with Crippen LogP contribution in [-0.2, 0) is 6.54 Å². The first-order valence-electron chi connectivity index (χ1n) is 6.23. The van der Waals surface area contributed by atoms with Crippen LogP contribution in [0.15, 0.2) is 24.4 Å². The van der Waals surface area contributed by atoms with Crippen LogP contribution in [0.3, 0.4) is 0 Å². The van der Waals surface area contributed by atoms with Crippen molar-refractivity contribution in [2.24, 2.45) is 0 Å². The third-order valence-corrected chi connectivity index (χ3v) is 3.11. The molecule has 0 bridgehead atoms. The number of aliphatic hydroxyl groups is 1. The summed E-state index contributed by atoms with van der Waals surface area (Å²) in [5.41, 5.74) is 0.913. The minimum Gasteiger partial charge on any atom is -0.494 e. The Bertz CT molecular complexity index is 577. The number of rotatable bonds is 5. The molecule has 1 heterocycles. The summed E-state index contributed by atoms with van der Waals surface area (Å²) >= 11 is 0. The smallest absolute Gasteiger partial charge is 0.165 e. The second-order valence-corrected chi connectivity index (χ2v) is 4.21. The Balaban J connectivity index is 2.43. The van der Waals surface area contributed by atoms with Crippen LogP contribution in [-0.4, -0.2) is 29.1 Å². The van der Waals surface area contributed by atoms with Crippen LogP contribution in [0.5, 0.6) is 11.5 Å². The number of hydrogen-bond acceptors (Lipinski definition) is 4. The average molecular weight is 280 g/mol. The topological polar surface area (TPSA) is 56.5 Å². The summed E-state index contributed by atoms with van der Waals surface area (Å²) in [6.45, 7) is 2.48. The molecule has 0 aliphatic carbocycles. The molecule has 0 fully saturated rings. The van der Waals surface area contributed by atoms with Crippen molar-refractivity contribution in [3.8, 4) is 11.5 Å². The van der Waals surface area contributed by atoms with Gasteiger partial charge in [0.05, 0.1) is 20.4 Å². The molecule has 2 aromatic rings. The van der Waals surface area contributed by atoms with Crippen LogP contribution in [0.25, 0.3) is 0 Å². The quantitative estimate of drug-likeness (QED) is 0.911. The lowest BCUT2D eigenvalue weighted by atomic mass is 10.1. The van der Waals surface area contributed by atoms with Crippen molar-refractivity contribution in [1.82, 2.24) is 9.78 Å². The number of benzene rings is 1. The van der Waals surface area contributed by atoms with Crippen molar-refractivity contribution in [3.05, 3.63) is 41.5 Å². The molecule has 0 saturated heterocycles. The second-order valence-electron chi connectivity index (χ2n) is 4.21. The minimum absolute atomic E-state index is 0.136. The molecule has 0 spiro atoms. The SMILES string of the molecule is CCn1ncc(OC)c1C(O)c1ccc(OC)c(F)c1. The maximum Gasteiger partial charge on any atom is 0.165 e. The van der Waals surface area contributed by atoms with E-state index in [1.165, 1.54) is 32.5 Å². The van der Waals surface area contributed by atoms with Crippen molar-refractivity contribution in [1.29, 1.82) is 0 Å². The molecule has 5 nitrogen and oxygen atoms in total. The maximum atomic E-state index is 13.7. The Labute approximate surface area is 116 Å². The van der Waals surface area contributed by atoms with Crippen LogP contribution in [0.1, 0.15) is 24.3 Å². The third kappa shape index (κ3) is 2.46. The lowest BCUT2D eigenvalue weighted by Gasteiger charge is -2.15. The van der Waals surface area contributed by atoms with Gasteiger partial charge in [-0.05, 0) is 24.6 Å². The highest BCUT2D eigenvalue weighted by Gasteiger charge is 2.22. The Morgan fingerprint density at radius 2 is 2.00 bits per heavy atom. The van der Waals surface area contributed by atoms with E-state index >= 15 is 0 Å². The van der Waals surface area contributed by atoms with Crippen molar-refractivity contribution >= 4 is 0 Å². The molecule has 0 amide bonds. The van der Waals surface area contributed by atoms with E-state index in [1.54, 1.807) is 10.7 Å². The summed E-state index contributed by atoms with van der Waals surface area (Å²) in [5.74, 6) is 0.0815. The van der Waals surface area contributed by atoms with Crippen LogP contribution in [0.2, 0.25) is 0 Å². The molecule has 6 heteroatoms. The van der Waals surface area contributed by atoms with Crippen molar-refractivity contribution in [2.45, 2.75) is 19.6 Å². The number of hydrogen-bond donors (Lipinski definition) is 1. The predicted octanol–water partition coefficient (Wildman–Crippen LogP) is 2.14. The number of nitrogens with zero attached hydrogens (tertiary/aromatic N) is 2. The van der Waals surface area contributed by atoms with Crippen molar-refractivity contribution in [3.63, 3.8) is 0 Å². The molecule has 0 aliphatic heterocycles. The predicted molar refractivity (Wildman–Crippen MR) is 71.5 cm³/mol. The lowest BCUT2D eigenvalue weighted by molar-refractivity contribution is 0.202. The van der Waals surface area contributed by atoms with Gasteiger partial charge >= 0.3 is 0 Å². The summed E-state index contributed by atoms with van der Waals surface area (Å²) in [6.07, 6.45) is 0.509. The molecule has 20 heavy (non-hydrogen) atoms. The van der Waals surface area contributed by atoms with Gasteiger partial charge in [-0.3, -0.25) is 4.68 Å². The van der Waals surface area contributed by atoms with Gasteiger partial charge in [0.2, 0.25) is 0 Å². The van der Waals surface area contributed by atoms with E-state index in [-0.39, 0.29) is 5.75 Å². The maximum absolute atomic E-state index is 13.7. The number of ether oxygens (including phenoxy) is 2. The lowest BCUT2D eigenvalue weighted by Crippen LogP contribution is -2.10. The Kier molecular flexibility index (Phi) is 4.24. The fourth-order valence-electron chi connectivity index (χ4n) is 2.07. The highest BCUT2D eigenvalue weighted by Crippen LogP contribution is 2.31. The van der Waals surface area contributed by atoms with Crippen molar-refractivity contribution in [2.75, 3.05) is 14.2 Å². The standard InChI is InChI=1S/C14H17FN2O3/c1-4-17-13(12(20-3)8-16-17)14(18)9-5-6-11(19-2)10(15)7-9/h5-8,14,18H,4H2,1-3H3. The van der Waals surface area contributed by atoms with Gasteiger partial charge < -0.3 is 14.6 Å². The van der Waals surface area contributed by atoms with Crippen LogP contribution >= 0.6 is 0 Å². The molecule has 2 rings (SSSR count). The molecule has 108 valence electrons. The van der Waals surface area contributed by atoms with Gasteiger partial charge in [-0.2, -0.15) is 5.10 Å². The van der Waals surface area contributed by atoms with E-state index in [0.29, 0.717) is 23.6 Å². The summed E-state index contributed by atoms with van der Waals surface area (Å²) in [5, 5.41) is 14.6. The van der Waals surface area contributed by atoms with Gasteiger partial charge in [-0.15, -0.1) is 0 Å². The highest BCUT2D eigenvalue weighted by atomic mass is 19.1. The Morgan fingerprint density at radius 3 is 2.55 bits per heavy atom. The average Bonchev–Trinajstić information content (AvgIpc) is 2.89. The Morgan fingerprint density at radius 1 is 1.30 bits per heavy atom. The van der Waals surface area contributed by atoms with E-state index in [4.69, 9.17) is 9.47 Å². The molecule has 1 atom stereocenters. The first-order valence-corrected chi connectivity index (χ1v) is 6.23. The molecule has 1 aromatic carbocycles. The fraction of sp³-hybridized carbons (Fsp3) is 0.357. The van der Waals surface area contributed by atoms with Gasteiger partial charge in [0.1, 0.15) is 11.8 Å². The summed E-state index contributed by atoms with van der Waals surface area (Å²) in [7, 11) is 2.89. The Hall–Kier alpha value is -2.08. The molecule has 0 aliphatic rings. The summed E-state index contributed by atoms with van der Waals surface area (Å²) in [6, 6.07) is 4.34. The molecular weight excluding hydrogens is 263 g/mol. The van der Waals surface area contributed by atoms with Gasteiger partial charge in [0.15, 0.2) is 17.3 Å². The zero-order chi connectivity index (χ0) is 14.7. The molecule has 1 N–H and O–H groups in total. The summed E-state index contributed by atoms with van der Waals surface area (Å²) in [4.78, 5) is 0. The zero-order valence-electron chi connectivity index (χ0n) is 11.6. The van der Waals surface area contributed by atoms with Crippen LogP contribution in [0.4, 0.5) is 4.39 Å². The molecule has 1 unspecified atom stereocenters. The van der Waals surface area contributed by atoms with Crippen LogP contribution < -0.4 is 9.47 Å². The largest absolute Gasteiger partial charge is 0.494 e. The minimum atomic E-state index is -1.02. The van der Waals surface area contributed by atoms with Gasteiger partial charge in [-0.25, -0.2) is 4.39 Å². The van der Waals surface area contributed by atoms with Gasteiger partial charge in [0, 0.05) is 6.54 Å². The second kappa shape index (κ2) is 5.92. The monoisotopic (exact) mass is 280 g/mol. The van der Waals surface area contributed by atoms with E-state index < -0.39 is 11.9 Å². The van der Waals surface area contributed by atoms with E-state index in [9.17, 15) is 9.50 Å². The normalized spacial score (nSPS) is 12.2. The highest BCUT2D eigenvalue weighted by molar-refractivity contribution is 5.37. The summed E-state index contributed by atoms with van der Waals surface area (Å²) < 4.78 is 25.4. The van der Waals surface area contributed by atoms with Crippen molar-refractivity contribution < 1.29 is 19.0 Å². The number of methoxy groups -OCH3 is 2. The van der Waals surface area contributed by atoms with Crippen LogP contribution in [0, 0.1) is 5.82 Å². The molecular formula is C14H17FN2O3. The molecule has 0 saturated carbocycles. The van der Waals surface area contributed by atoms with Gasteiger partial charge in [-0.1, -0.05) is 6.07 Å². The number of aliphatic hydroxyl groups excluding tert-OH is 1. The fourth-order valence-corrected chi connectivity index (χ4v) is 2.07. The number of aryl methyl sites for hydroxylation is 1. The molecule has 1 aromatic heterocycles. The number of aromatic nitrogens is 2. The first kappa shape index (κ1) is 14.3.